The van der Waals surface area contributed by atoms with Gasteiger partial charge < -0.3 is 21.3 Å². The lowest BCUT2D eigenvalue weighted by Gasteiger charge is -2.22. The Balaban J connectivity index is 2.64. The molecule has 5 N–H and O–H groups in total. The van der Waals surface area contributed by atoms with E-state index in [1.807, 2.05) is 6.92 Å². The first-order valence-electron chi connectivity index (χ1n) is 6.91. The summed E-state index contributed by atoms with van der Waals surface area (Å²) in [5, 5.41) is 20.8. The first-order valence-corrected chi connectivity index (χ1v) is 6.91. The maximum absolute atomic E-state index is 12.0. The monoisotopic (exact) mass is 294 g/mol. The van der Waals surface area contributed by atoms with Gasteiger partial charge in [-0.25, -0.2) is 4.79 Å². The number of carboxylic acid groups (broad SMARTS) is 1. The molecule has 2 unspecified atom stereocenters. The molecule has 21 heavy (non-hydrogen) atoms. The van der Waals surface area contributed by atoms with E-state index in [-0.39, 0.29) is 18.1 Å². The minimum Gasteiger partial charge on any atom is -0.508 e. The molecule has 1 aromatic carbocycles. The maximum Gasteiger partial charge on any atom is 0.326 e. The van der Waals surface area contributed by atoms with Crippen LogP contribution in [-0.2, 0) is 16.0 Å². The Labute approximate surface area is 124 Å². The summed E-state index contributed by atoms with van der Waals surface area (Å²) in [6, 6.07) is 4.60. The van der Waals surface area contributed by atoms with E-state index >= 15 is 0 Å². The van der Waals surface area contributed by atoms with Crippen LogP contribution in [0.3, 0.4) is 0 Å². The molecule has 0 aliphatic carbocycles. The van der Waals surface area contributed by atoms with E-state index in [9.17, 15) is 14.7 Å². The molecule has 1 aromatic rings. The number of carbonyl (C=O) groups is 2. The van der Waals surface area contributed by atoms with Crippen molar-refractivity contribution < 1.29 is 19.8 Å². The lowest BCUT2D eigenvalue weighted by molar-refractivity contribution is -0.143. The summed E-state index contributed by atoms with van der Waals surface area (Å²) in [5.74, 6) is -1.59. The number of aliphatic carboxylic acids is 1. The molecule has 0 radical (unpaired) electrons. The zero-order chi connectivity index (χ0) is 16.0. The number of phenols is 1. The fourth-order valence-electron chi connectivity index (χ4n) is 1.92. The third kappa shape index (κ3) is 5.07. The highest BCUT2D eigenvalue weighted by molar-refractivity contribution is 5.87. The normalized spacial score (nSPS) is 15.0. The van der Waals surface area contributed by atoms with Gasteiger partial charge in [-0.1, -0.05) is 32.4 Å². The van der Waals surface area contributed by atoms with E-state index in [1.54, 1.807) is 19.1 Å². The van der Waals surface area contributed by atoms with E-state index in [0.717, 1.165) is 5.56 Å². The number of benzene rings is 1. The minimum absolute atomic E-state index is 0.138. The predicted octanol–water partition coefficient (Wildman–Crippen LogP) is 0.877. The molecule has 0 heterocycles. The van der Waals surface area contributed by atoms with Gasteiger partial charge in [-0.15, -0.1) is 0 Å². The van der Waals surface area contributed by atoms with Gasteiger partial charge in [0.25, 0.3) is 0 Å². The molecule has 0 aliphatic heterocycles. The molecule has 6 nitrogen and oxygen atoms in total. The Hall–Kier alpha value is -2.08. The van der Waals surface area contributed by atoms with Gasteiger partial charge >= 0.3 is 5.97 Å². The van der Waals surface area contributed by atoms with Crippen molar-refractivity contribution in [2.24, 2.45) is 11.7 Å². The number of hydrogen-bond acceptors (Lipinski definition) is 4. The van der Waals surface area contributed by atoms with Gasteiger partial charge in [0.1, 0.15) is 11.8 Å². The topological polar surface area (TPSA) is 113 Å². The van der Waals surface area contributed by atoms with Crippen molar-refractivity contribution in [2.45, 2.75) is 38.8 Å². The van der Waals surface area contributed by atoms with E-state index in [0.29, 0.717) is 6.42 Å². The van der Waals surface area contributed by atoms with Gasteiger partial charge in [-0.2, -0.15) is 0 Å². The van der Waals surface area contributed by atoms with Crippen LogP contribution >= 0.6 is 0 Å². The number of aromatic hydroxyl groups is 1. The molecule has 1 amide bonds. The van der Waals surface area contributed by atoms with E-state index in [2.05, 4.69) is 5.32 Å². The number of phenolic OH excluding ortho intramolecular Hbond substituents is 1. The van der Waals surface area contributed by atoms with Crippen LogP contribution in [0.25, 0.3) is 0 Å². The second kappa shape index (κ2) is 7.64. The van der Waals surface area contributed by atoms with Crippen LogP contribution in [0, 0.1) is 5.92 Å². The zero-order valence-electron chi connectivity index (χ0n) is 12.2. The van der Waals surface area contributed by atoms with Crippen molar-refractivity contribution in [1.29, 1.82) is 0 Å². The molecular formula is C15H22N2O4. The van der Waals surface area contributed by atoms with E-state index in [4.69, 9.17) is 10.8 Å². The number of hydrogen-bond donors (Lipinski definition) is 4. The molecule has 0 spiro atoms. The fourth-order valence-corrected chi connectivity index (χ4v) is 1.92. The van der Waals surface area contributed by atoms with Gasteiger partial charge in [0, 0.05) is 0 Å². The van der Waals surface area contributed by atoms with Crippen LogP contribution in [0.4, 0.5) is 0 Å². The third-order valence-corrected chi connectivity index (χ3v) is 3.51. The average Bonchev–Trinajstić information content (AvgIpc) is 2.45. The van der Waals surface area contributed by atoms with Crippen LogP contribution in [0.2, 0.25) is 0 Å². The summed E-state index contributed by atoms with van der Waals surface area (Å²) >= 11 is 0. The molecule has 6 heteroatoms. The zero-order valence-corrected chi connectivity index (χ0v) is 12.2. The van der Waals surface area contributed by atoms with Crippen LogP contribution in [0.5, 0.6) is 5.75 Å². The largest absolute Gasteiger partial charge is 0.508 e. The van der Waals surface area contributed by atoms with Crippen molar-refractivity contribution in [3.63, 3.8) is 0 Å². The lowest BCUT2D eigenvalue weighted by atomic mass is 9.98. The Morgan fingerprint density at radius 3 is 2.33 bits per heavy atom. The highest BCUT2D eigenvalue weighted by atomic mass is 16.4. The van der Waals surface area contributed by atoms with Crippen molar-refractivity contribution in [3.8, 4) is 5.75 Å². The van der Waals surface area contributed by atoms with Gasteiger partial charge in [0.05, 0.1) is 6.04 Å². The number of nitrogens with one attached hydrogen (secondary N) is 1. The van der Waals surface area contributed by atoms with E-state index in [1.165, 1.54) is 12.1 Å². The second-order valence-electron chi connectivity index (χ2n) is 5.19. The third-order valence-electron chi connectivity index (χ3n) is 3.51. The molecular weight excluding hydrogens is 272 g/mol. The fraction of sp³-hybridized carbons (Fsp3) is 0.467. The molecule has 0 saturated carbocycles. The van der Waals surface area contributed by atoms with E-state index < -0.39 is 24.0 Å². The SMILES string of the molecule is CCC(C)[C@H](NC(=O)C(N)Cc1ccc(O)cc1)C(=O)O. The predicted molar refractivity (Wildman–Crippen MR) is 78.8 cm³/mol. The lowest BCUT2D eigenvalue weighted by Crippen LogP contribution is -2.51. The molecule has 0 aliphatic rings. The highest BCUT2D eigenvalue weighted by Crippen LogP contribution is 2.12. The average molecular weight is 294 g/mol. The Morgan fingerprint density at radius 1 is 1.29 bits per heavy atom. The maximum atomic E-state index is 12.0. The molecule has 0 bridgehead atoms. The molecule has 1 rings (SSSR count). The number of nitrogens with two attached hydrogens (primary N) is 1. The van der Waals surface area contributed by atoms with Gasteiger partial charge in [0.15, 0.2) is 0 Å². The molecule has 0 saturated heterocycles. The van der Waals surface area contributed by atoms with Crippen molar-refractivity contribution >= 4 is 11.9 Å². The second-order valence-corrected chi connectivity index (χ2v) is 5.19. The van der Waals surface area contributed by atoms with Gasteiger partial charge in [-0.3, -0.25) is 4.79 Å². The van der Waals surface area contributed by atoms with Crippen molar-refractivity contribution in [2.75, 3.05) is 0 Å². The molecule has 0 fully saturated rings. The number of carbonyl (C=O) groups excluding carboxylic acids is 1. The van der Waals surface area contributed by atoms with Crippen molar-refractivity contribution in [1.82, 2.24) is 5.32 Å². The highest BCUT2D eigenvalue weighted by Gasteiger charge is 2.27. The quantitative estimate of drug-likeness (QED) is 0.596. The van der Waals surface area contributed by atoms with Crippen LogP contribution in [-0.4, -0.2) is 34.2 Å². The molecule has 3 atom stereocenters. The van der Waals surface area contributed by atoms with Crippen LogP contribution in [0.15, 0.2) is 24.3 Å². The summed E-state index contributed by atoms with van der Waals surface area (Å²) in [7, 11) is 0. The van der Waals surface area contributed by atoms with Crippen LogP contribution in [0.1, 0.15) is 25.8 Å². The first kappa shape index (κ1) is 17.0. The van der Waals surface area contributed by atoms with Gasteiger partial charge in [-0.05, 0) is 30.0 Å². The van der Waals surface area contributed by atoms with Crippen molar-refractivity contribution in [3.05, 3.63) is 29.8 Å². The number of amides is 1. The summed E-state index contributed by atoms with van der Waals surface area (Å²) < 4.78 is 0. The Kier molecular flexibility index (Phi) is 6.17. The Bertz CT molecular complexity index is 487. The summed E-state index contributed by atoms with van der Waals surface area (Å²) in [4.78, 5) is 23.2. The summed E-state index contributed by atoms with van der Waals surface area (Å²) in [5.41, 5.74) is 6.61. The van der Waals surface area contributed by atoms with Crippen LogP contribution < -0.4 is 11.1 Å². The molecule has 116 valence electrons. The first-order chi connectivity index (χ1) is 9.85. The number of carboxylic acids is 1. The summed E-state index contributed by atoms with van der Waals surface area (Å²) in [6.07, 6.45) is 0.920. The Morgan fingerprint density at radius 2 is 1.86 bits per heavy atom. The van der Waals surface area contributed by atoms with Gasteiger partial charge in [0.2, 0.25) is 5.91 Å². The smallest absolute Gasteiger partial charge is 0.326 e. The standard InChI is InChI=1S/C15H22N2O4/c1-3-9(2)13(15(20)21)17-14(19)12(16)8-10-4-6-11(18)7-5-10/h4-7,9,12-13,18H,3,8,16H2,1-2H3,(H,17,19)(H,20,21)/t9?,12?,13-/m0/s1. The number of rotatable bonds is 7. The molecule has 0 aromatic heterocycles. The minimum atomic E-state index is -1.06. The summed E-state index contributed by atoms with van der Waals surface area (Å²) in [6.45, 7) is 3.63.